The van der Waals surface area contributed by atoms with Gasteiger partial charge in [0.05, 0.1) is 12.5 Å². The largest absolute Gasteiger partial charge is 0.264 e. The number of hydrogen-bond acceptors (Lipinski definition) is 6. The van der Waals surface area contributed by atoms with Crippen molar-refractivity contribution in [3.8, 4) is 0 Å². The second kappa shape index (κ2) is 5.03. The van der Waals surface area contributed by atoms with Crippen LogP contribution in [0.25, 0.3) is 0 Å². The van der Waals surface area contributed by atoms with Crippen LogP contribution in [0, 0.1) is 10.8 Å². The predicted octanol–water partition coefficient (Wildman–Crippen LogP) is 1.59. The van der Waals surface area contributed by atoms with Gasteiger partial charge < -0.3 is 0 Å². The lowest BCUT2D eigenvalue weighted by atomic mass is 9.43. The Morgan fingerprint density at radius 2 is 1.18 bits per heavy atom. The summed E-state index contributed by atoms with van der Waals surface area (Å²) in [4.78, 5) is 0. The van der Waals surface area contributed by atoms with Gasteiger partial charge in [-0.1, -0.05) is 25.0 Å². The summed E-state index contributed by atoms with van der Waals surface area (Å²) in [7, 11) is -7.34. The van der Waals surface area contributed by atoms with Crippen molar-refractivity contribution in [1.82, 2.24) is 0 Å². The van der Waals surface area contributed by atoms with Crippen LogP contribution in [-0.4, -0.2) is 41.6 Å². The molecule has 0 heterocycles. The highest BCUT2D eigenvalue weighted by molar-refractivity contribution is 7.86. The van der Waals surface area contributed by atoms with Gasteiger partial charge in [-0.3, -0.25) is 8.37 Å². The van der Waals surface area contributed by atoms with Gasteiger partial charge in [-0.25, -0.2) is 0 Å². The smallest absolute Gasteiger partial charge is 0.264 e. The molecule has 0 unspecified atom stereocenters. The molecule has 3 rings (SSSR count). The molecule has 3 aliphatic carbocycles. The Labute approximate surface area is 132 Å². The molecule has 0 amide bonds. The Kier molecular flexibility index (Phi) is 3.75. The minimum atomic E-state index is -3.67. The van der Waals surface area contributed by atoms with Crippen LogP contribution in [0.1, 0.15) is 38.5 Å². The Morgan fingerprint density at radius 3 is 1.45 bits per heavy atom. The molecule has 4 atom stereocenters. The quantitative estimate of drug-likeness (QED) is 0.565. The van der Waals surface area contributed by atoms with Crippen molar-refractivity contribution in [2.75, 3.05) is 12.5 Å². The molecule has 0 saturated heterocycles. The third-order valence-electron chi connectivity index (χ3n) is 5.35. The molecule has 8 heteroatoms. The second-order valence-electron chi connectivity index (χ2n) is 6.94. The van der Waals surface area contributed by atoms with Crippen LogP contribution in [0.4, 0.5) is 0 Å². The molecule has 126 valence electrons. The highest BCUT2D eigenvalue weighted by Gasteiger charge is 2.61. The van der Waals surface area contributed by atoms with E-state index in [1.54, 1.807) is 0 Å². The van der Waals surface area contributed by atoms with Crippen molar-refractivity contribution < 1.29 is 25.2 Å². The summed E-state index contributed by atoms with van der Waals surface area (Å²) in [6, 6.07) is 0. The molecule has 0 aliphatic heterocycles. The van der Waals surface area contributed by atoms with Gasteiger partial charge in [-0.2, -0.15) is 16.8 Å². The zero-order valence-electron chi connectivity index (χ0n) is 12.8. The van der Waals surface area contributed by atoms with Crippen molar-refractivity contribution in [3.05, 3.63) is 12.2 Å². The topological polar surface area (TPSA) is 86.7 Å². The Hall–Kier alpha value is -0.440. The molecule has 2 fully saturated rings. The fourth-order valence-corrected chi connectivity index (χ4v) is 5.75. The van der Waals surface area contributed by atoms with Gasteiger partial charge in [0.1, 0.15) is 12.2 Å². The van der Waals surface area contributed by atoms with E-state index in [1.807, 2.05) is 0 Å². The molecule has 0 N–H and O–H groups in total. The van der Waals surface area contributed by atoms with E-state index < -0.39 is 32.4 Å². The lowest BCUT2D eigenvalue weighted by Crippen LogP contribution is -2.59. The molecule has 0 aromatic rings. The van der Waals surface area contributed by atoms with Gasteiger partial charge in [0.2, 0.25) is 0 Å². The van der Waals surface area contributed by atoms with Crippen LogP contribution < -0.4 is 0 Å². The first-order valence-electron chi connectivity index (χ1n) is 7.51. The molecule has 2 saturated carbocycles. The van der Waals surface area contributed by atoms with E-state index in [9.17, 15) is 16.8 Å². The fraction of sp³-hybridized carbons (Fsp3) is 0.857. The van der Waals surface area contributed by atoms with Crippen molar-refractivity contribution in [1.29, 1.82) is 0 Å². The highest BCUT2D eigenvalue weighted by Crippen LogP contribution is 2.66. The minimum absolute atomic E-state index is 0.0576. The van der Waals surface area contributed by atoms with Gasteiger partial charge in [-0.05, 0) is 25.7 Å². The van der Waals surface area contributed by atoms with Crippen molar-refractivity contribution in [3.63, 3.8) is 0 Å². The van der Waals surface area contributed by atoms with E-state index in [4.69, 9.17) is 8.37 Å². The van der Waals surface area contributed by atoms with Crippen molar-refractivity contribution in [2.24, 2.45) is 10.8 Å². The number of hydrogen-bond donors (Lipinski definition) is 0. The van der Waals surface area contributed by atoms with E-state index in [2.05, 4.69) is 12.2 Å². The zero-order valence-corrected chi connectivity index (χ0v) is 14.5. The van der Waals surface area contributed by atoms with Crippen molar-refractivity contribution in [2.45, 2.75) is 50.7 Å². The monoisotopic (exact) mass is 350 g/mol. The summed E-state index contributed by atoms with van der Waals surface area (Å²) < 4.78 is 56.5. The fourth-order valence-electron chi connectivity index (χ4n) is 4.47. The van der Waals surface area contributed by atoms with Gasteiger partial charge in [-0.15, -0.1) is 0 Å². The lowest BCUT2D eigenvalue weighted by molar-refractivity contribution is -0.104. The first-order valence-corrected chi connectivity index (χ1v) is 11.1. The van der Waals surface area contributed by atoms with Crippen LogP contribution in [0.5, 0.6) is 0 Å². The van der Waals surface area contributed by atoms with Gasteiger partial charge in [0.25, 0.3) is 20.2 Å². The summed E-state index contributed by atoms with van der Waals surface area (Å²) in [6.45, 7) is 0. The average molecular weight is 350 g/mol. The normalized spacial score (nSPS) is 41.4. The molecule has 0 spiro atoms. The van der Waals surface area contributed by atoms with Crippen LogP contribution in [0.3, 0.4) is 0 Å². The summed E-state index contributed by atoms with van der Waals surface area (Å²) in [5.41, 5.74) is -0.115. The van der Waals surface area contributed by atoms with Crippen LogP contribution >= 0.6 is 0 Å². The van der Waals surface area contributed by atoms with E-state index in [0.717, 1.165) is 38.2 Å². The molecule has 0 bridgehead atoms. The van der Waals surface area contributed by atoms with E-state index in [1.165, 1.54) is 0 Å². The third kappa shape index (κ3) is 2.86. The van der Waals surface area contributed by atoms with E-state index >= 15 is 0 Å². The Bertz CT molecular complexity index is 635. The minimum Gasteiger partial charge on any atom is -0.264 e. The van der Waals surface area contributed by atoms with Crippen LogP contribution in [0.2, 0.25) is 0 Å². The van der Waals surface area contributed by atoms with Gasteiger partial charge in [0.15, 0.2) is 0 Å². The predicted molar refractivity (Wildman–Crippen MR) is 81.1 cm³/mol. The summed E-state index contributed by atoms with van der Waals surface area (Å²) >= 11 is 0. The number of allylic oxidation sites excluding steroid dienone is 2. The maximum absolute atomic E-state index is 11.5. The first kappa shape index (κ1) is 16.4. The SMILES string of the molecule is CS(=O)(=O)O[C@H]1C[C@]23C=C[C@@]2(CCCC3)C[C@@H]1OS(C)(=O)=O. The van der Waals surface area contributed by atoms with Gasteiger partial charge >= 0.3 is 0 Å². The standard InChI is InChI=1S/C14H22O6S2/c1-21(15,16)19-11-9-13-5-3-4-6-14(13,8-7-13)10-12(11)20-22(2,17)18/h7-8,11-12H,3-6,9-10H2,1-2H3/t11-,12-,13-,14-/m0/s1. The zero-order chi connectivity index (χ0) is 16.2. The molecule has 6 nitrogen and oxygen atoms in total. The van der Waals surface area contributed by atoms with Gasteiger partial charge in [0, 0.05) is 10.8 Å². The third-order valence-corrected chi connectivity index (χ3v) is 6.54. The average Bonchev–Trinajstić information content (AvgIpc) is 2.31. The van der Waals surface area contributed by atoms with Crippen LogP contribution in [0.15, 0.2) is 12.2 Å². The summed E-state index contributed by atoms with van der Waals surface area (Å²) in [5.74, 6) is 0. The number of rotatable bonds is 4. The summed E-state index contributed by atoms with van der Waals surface area (Å²) in [5, 5.41) is 0. The summed E-state index contributed by atoms with van der Waals surface area (Å²) in [6.07, 6.45) is 9.99. The lowest BCUT2D eigenvalue weighted by Gasteiger charge is -2.62. The molecule has 22 heavy (non-hydrogen) atoms. The highest BCUT2D eigenvalue weighted by atomic mass is 32.2. The second-order valence-corrected chi connectivity index (χ2v) is 10.1. The maximum Gasteiger partial charge on any atom is 0.264 e. The molecule has 3 aliphatic rings. The van der Waals surface area contributed by atoms with E-state index in [-0.39, 0.29) is 10.8 Å². The molecular weight excluding hydrogens is 328 g/mol. The molecule has 0 radical (unpaired) electrons. The maximum atomic E-state index is 11.5. The van der Waals surface area contributed by atoms with Crippen molar-refractivity contribution >= 4 is 20.2 Å². The van der Waals surface area contributed by atoms with E-state index in [0.29, 0.717) is 12.8 Å². The molecule has 0 aromatic carbocycles. The first-order chi connectivity index (χ1) is 10.0. The van der Waals surface area contributed by atoms with Crippen LogP contribution in [-0.2, 0) is 28.6 Å². The Balaban J connectivity index is 1.91. The molecular formula is C14H22O6S2. The molecule has 0 aromatic heterocycles. The Morgan fingerprint density at radius 1 is 0.818 bits per heavy atom.